The number of aliphatic imine (C=N–C) groups is 1. The summed E-state index contributed by atoms with van der Waals surface area (Å²) in [5.74, 6) is 1.35. The Kier molecular flexibility index (Phi) is 5.24. The fourth-order valence-electron chi connectivity index (χ4n) is 2.14. The molecule has 0 aromatic carbocycles. The topological polar surface area (TPSA) is 96.4 Å². The van der Waals surface area contributed by atoms with Crippen LogP contribution < -0.4 is 10.1 Å². The maximum absolute atomic E-state index is 7.74. The molecule has 7 heteroatoms. The molecule has 0 atom stereocenters. The number of hydrogen-bond donors (Lipinski definition) is 2. The largest absolute Gasteiger partial charge is 0.480 e. The Morgan fingerprint density at radius 1 is 1.52 bits per heavy atom. The fourth-order valence-corrected chi connectivity index (χ4v) is 2.14. The summed E-state index contributed by atoms with van der Waals surface area (Å²) < 4.78 is 10.5. The Morgan fingerprint density at radius 3 is 2.91 bits per heavy atom. The Labute approximate surface area is 134 Å². The highest BCUT2D eigenvalue weighted by Gasteiger charge is 2.14. The lowest BCUT2D eigenvalue weighted by molar-refractivity contribution is 0.393. The maximum atomic E-state index is 7.74. The quantitative estimate of drug-likeness (QED) is 0.631. The van der Waals surface area contributed by atoms with E-state index >= 15 is 0 Å². The van der Waals surface area contributed by atoms with Crippen molar-refractivity contribution in [3.05, 3.63) is 36.4 Å². The van der Waals surface area contributed by atoms with E-state index in [1.165, 1.54) is 12.3 Å². The molecule has 0 aliphatic heterocycles. The second-order valence-corrected chi connectivity index (χ2v) is 4.79. The molecule has 0 spiro atoms. The van der Waals surface area contributed by atoms with Gasteiger partial charge in [-0.3, -0.25) is 5.41 Å². The first-order chi connectivity index (χ1) is 11.1. The highest BCUT2D eigenvalue weighted by molar-refractivity contribution is 5.92. The van der Waals surface area contributed by atoms with Gasteiger partial charge in [0.15, 0.2) is 0 Å². The van der Waals surface area contributed by atoms with Crippen LogP contribution >= 0.6 is 0 Å². The van der Waals surface area contributed by atoms with Crippen molar-refractivity contribution >= 4 is 17.7 Å². The molecule has 7 nitrogen and oxygen atoms in total. The molecule has 120 valence electrons. The van der Waals surface area contributed by atoms with E-state index in [-0.39, 0.29) is 12.4 Å². The van der Waals surface area contributed by atoms with E-state index in [0.29, 0.717) is 11.6 Å². The van der Waals surface area contributed by atoms with Gasteiger partial charge >= 0.3 is 0 Å². The van der Waals surface area contributed by atoms with E-state index in [9.17, 15) is 0 Å². The van der Waals surface area contributed by atoms with Crippen LogP contribution in [0.25, 0.3) is 11.1 Å². The van der Waals surface area contributed by atoms with Gasteiger partial charge in [-0.05, 0) is 19.9 Å². The number of hydrogen-bond acceptors (Lipinski definition) is 6. The zero-order valence-corrected chi connectivity index (χ0v) is 13.4. The predicted molar refractivity (Wildman–Crippen MR) is 90.7 cm³/mol. The summed E-state index contributed by atoms with van der Waals surface area (Å²) in [5.41, 5.74) is 3.24. The average Bonchev–Trinajstić information content (AvgIpc) is 2.89. The fraction of sp³-hybridized carbons (Fsp3) is 0.250. The maximum Gasteiger partial charge on any atom is 0.237 e. The first kappa shape index (κ1) is 16.4. The van der Waals surface area contributed by atoms with Crippen LogP contribution in [0.5, 0.6) is 5.88 Å². The first-order valence-electron chi connectivity index (χ1n) is 7.00. The number of anilines is 1. The molecule has 2 heterocycles. The number of methoxy groups -OCH3 is 1. The third-order valence-corrected chi connectivity index (χ3v) is 3.15. The lowest BCUT2D eigenvalue weighted by Gasteiger charge is -2.11. The summed E-state index contributed by atoms with van der Waals surface area (Å²) in [6.45, 7) is 7.50. The molecule has 2 aromatic rings. The molecule has 0 saturated heterocycles. The van der Waals surface area contributed by atoms with E-state index in [1.54, 1.807) is 13.3 Å². The summed E-state index contributed by atoms with van der Waals surface area (Å²) in [5, 5.41) is 14.8. The highest BCUT2D eigenvalue weighted by Crippen LogP contribution is 2.31. The molecule has 0 fully saturated rings. The number of ether oxygens (including phenoxy) is 1. The van der Waals surface area contributed by atoms with Crippen LogP contribution in [0.3, 0.4) is 0 Å². The zero-order chi connectivity index (χ0) is 16.8. The molecule has 0 aliphatic rings. The second-order valence-electron chi connectivity index (χ2n) is 4.79. The lowest BCUT2D eigenvalue weighted by atomic mass is 10.1. The van der Waals surface area contributed by atoms with Crippen molar-refractivity contribution < 1.29 is 9.26 Å². The number of allylic oxidation sites excluding steroid dienone is 1. The van der Waals surface area contributed by atoms with Crippen molar-refractivity contribution in [2.24, 2.45) is 4.99 Å². The molecular weight excluding hydrogens is 294 g/mol. The van der Waals surface area contributed by atoms with Crippen LogP contribution in [0.4, 0.5) is 5.69 Å². The summed E-state index contributed by atoms with van der Waals surface area (Å²) in [4.78, 5) is 8.20. The monoisotopic (exact) mass is 313 g/mol. The SMILES string of the molecule is C=CC=NC(=N)CNc1cc(-c2c(C)noc2C)cnc1OC. The van der Waals surface area contributed by atoms with Gasteiger partial charge in [0.25, 0.3) is 0 Å². The summed E-state index contributed by atoms with van der Waals surface area (Å²) in [7, 11) is 1.55. The second kappa shape index (κ2) is 7.35. The first-order valence-corrected chi connectivity index (χ1v) is 7.00. The molecule has 2 aromatic heterocycles. The van der Waals surface area contributed by atoms with Gasteiger partial charge in [-0.25, -0.2) is 9.98 Å². The summed E-state index contributed by atoms with van der Waals surface area (Å²) in [6.07, 6.45) is 4.70. The molecule has 2 rings (SSSR count). The summed E-state index contributed by atoms with van der Waals surface area (Å²) >= 11 is 0. The Balaban J connectivity index is 2.28. The van der Waals surface area contributed by atoms with Gasteiger partial charge in [0, 0.05) is 23.5 Å². The van der Waals surface area contributed by atoms with E-state index in [0.717, 1.165) is 22.6 Å². The van der Waals surface area contributed by atoms with Gasteiger partial charge in [-0.2, -0.15) is 0 Å². The smallest absolute Gasteiger partial charge is 0.237 e. The van der Waals surface area contributed by atoms with Crippen LogP contribution in [-0.4, -0.2) is 35.8 Å². The minimum absolute atomic E-state index is 0.176. The van der Waals surface area contributed by atoms with Gasteiger partial charge in [0.2, 0.25) is 5.88 Å². The number of nitrogens with one attached hydrogen (secondary N) is 2. The standard InChI is InChI=1S/C16H19N5O2/c1-5-6-18-14(17)9-19-13-7-12(8-20-16(13)22-4)15-10(2)21-23-11(15)3/h5-8,17,19H,1,9H2,2-4H3. The van der Waals surface area contributed by atoms with Crippen molar-refractivity contribution in [2.75, 3.05) is 19.0 Å². The van der Waals surface area contributed by atoms with E-state index in [2.05, 4.69) is 27.0 Å². The van der Waals surface area contributed by atoms with Crippen LogP contribution in [0.1, 0.15) is 11.5 Å². The van der Waals surface area contributed by atoms with Gasteiger partial charge in [-0.1, -0.05) is 17.8 Å². The number of pyridine rings is 1. The van der Waals surface area contributed by atoms with Crippen molar-refractivity contribution in [2.45, 2.75) is 13.8 Å². The van der Waals surface area contributed by atoms with Gasteiger partial charge < -0.3 is 14.6 Å². The molecule has 0 saturated carbocycles. The van der Waals surface area contributed by atoms with Crippen LogP contribution in [0, 0.1) is 19.3 Å². The van der Waals surface area contributed by atoms with Crippen LogP contribution in [0.2, 0.25) is 0 Å². The van der Waals surface area contributed by atoms with Crippen molar-refractivity contribution in [1.82, 2.24) is 10.1 Å². The number of rotatable bonds is 6. The molecular formula is C16H19N5O2. The molecule has 23 heavy (non-hydrogen) atoms. The Hall–Kier alpha value is -2.96. The van der Waals surface area contributed by atoms with Gasteiger partial charge in [-0.15, -0.1) is 0 Å². The molecule has 2 N–H and O–H groups in total. The van der Waals surface area contributed by atoms with Gasteiger partial charge in [0.1, 0.15) is 11.6 Å². The zero-order valence-electron chi connectivity index (χ0n) is 13.4. The third kappa shape index (κ3) is 3.82. The third-order valence-electron chi connectivity index (χ3n) is 3.15. The molecule has 0 bridgehead atoms. The van der Waals surface area contributed by atoms with E-state index in [1.807, 2.05) is 19.9 Å². The van der Waals surface area contributed by atoms with Crippen molar-refractivity contribution in [3.8, 4) is 17.0 Å². The average molecular weight is 313 g/mol. The Morgan fingerprint density at radius 2 is 2.30 bits per heavy atom. The Bertz CT molecular complexity index is 729. The molecule has 0 amide bonds. The normalized spacial score (nSPS) is 10.7. The predicted octanol–water partition coefficient (Wildman–Crippen LogP) is 3.01. The molecule has 0 radical (unpaired) electrons. The van der Waals surface area contributed by atoms with Crippen molar-refractivity contribution in [3.63, 3.8) is 0 Å². The summed E-state index contributed by atoms with van der Waals surface area (Å²) in [6, 6.07) is 1.89. The van der Waals surface area contributed by atoms with E-state index < -0.39 is 0 Å². The molecule has 0 unspecified atom stereocenters. The minimum atomic E-state index is 0.176. The van der Waals surface area contributed by atoms with Crippen LogP contribution in [-0.2, 0) is 0 Å². The van der Waals surface area contributed by atoms with Crippen LogP contribution in [0.15, 0.2) is 34.4 Å². The number of amidine groups is 1. The number of aryl methyl sites for hydroxylation is 2. The number of aromatic nitrogens is 2. The van der Waals surface area contributed by atoms with E-state index in [4.69, 9.17) is 14.7 Å². The number of nitrogens with zero attached hydrogens (tertiary/aromatic N) is 3. The van der Waals surface area contributed by atoms with Gasteiger partial charge in [0.05, 0.1) is 25.0 Å². The molecule has 0 aliphatic carbocycles. The highest BCUT2D eigenvalue weighted by atomic mass is 16.5. The lowest BCUT2D eigenvalue weighted by Crippen LogP contribution is -2.12. The minimum Gasteiger partial charge on any atom is -0.480 e. The van der Waals surface area contributed by atoms with Crippen molar-refractivity contribution in [1.29, 1.82) is 5.41 Å².